The fraction of sp³-hybridized carbons (Fsp3) is 0.154. The van der Waals surface area contributed by atoms with Crippen molar-refractivity contribution in [2.24, 2.45) is 0 Å². The van der Waals surface area contributed by atoms with E-state index in [0.717, 1.165) is 21.6 Å². The van der Waals surface area contributed by atoms with Gasteiger partial charge in [0.2, 0.25) is 5.91 Å². The minimum Gasteiger partial charge on any atom is -0.325 e. The molecule has 5 rings (SSSR count). The fourth-order valence-electron chi connectivity index (χ4n) is 4.99. The third-order valence-corrected chi connectivity index (χ3v) is 7.50. The lowest BCUT2D eigenvalue weighted by Gasteiger charge is -2.41. The highest BCUT2D eigenvalue weighted by Gasteiger charge is 2.57. The van der Waals surface area contributed by atoms with Crippen LogP contribution in [0.25, 0.3) is 5.57 Å². The third-order valence-electron chi connectivity index (χ3n) is 6.30. The van der Waals surface area contributed by atoms with E-state index in [1.807, 2.05) is 54.8 Å². The molecule has 2 atom stereocenters. The van der Waals surface area contributed by atoms with Crippen LogP contribution in [0.5, 0.6) is 0 Å². The molecule has 3 nitrogen and oxygen atoms in total. The lowest BCUT2D eigenvalue weighted by molar-refractivity contribution is -0.121. The number of thioether (sulfide) groups is 1. The first-order valence-electron chi connectivity index (χ1n) is 10.2. The van der Waals surface area contributed by atoms with Gasteiger partial charge in [-0.3, -0.25) is 9.59 Å². The first-order valence-corrected chi connectivity index (χ1v) is 12.2. The van der Waals surface area contributed by atoms with E-state index in [1.54, 1.807) is 36.0 Å². The van der Waals surface area contributed by atoms with E-state index in [2.05, 4.69) is 5.32 Å². The van der Waals surface area contributed by atoms with Gasteiger partial charge in [-0.05, 0) is 71.0 Å². The molecule has 1 heterocycles. The van der Waals surface area contributed by atoms with Crippen LogP contribution in [0, 0.1) is 0 Å². The summed E-state index contributed by atoms with van der Waals surface area (Å²) in [7, 11) is 0. The Bertz CT molecular complexity index is 1300. The van der Waals surface area contributed by atoms with Gasteiger partial charge in [0.05, 0.1) is 0 Å². The van der Waals surface area contributed by atoms with Crippen molar-refractivity contribution < 1.29 is 9.59 Å². The third kappa shape index (κ3) is 3.29. The summed E-state index contributed by atoms with van der Waals surface area (Å²) in [6.45, 7) is 0. The summed E-state index contributed by atoms with van der Waals surface area (Å²) in [6.07, 6.45) is 3.86. The van der Waals surface area contributed by atoms with Gasteiger partial charge >= 0.3 is 0 Å². The number of rotatable bonds is 3. The summed E-state index contributed by atoms with van der Waals surface area (Å²) in [5.41, 5.74) is 2.84. The summed E-state index contributed by atoms with van der Waals surface area (Å²) in [4.78, 5) is 28.0. The molecule has 0 bridgehead atoms. The van der Waals surface area contributed by atoms with Crippen molar-refractivity contribution in [2.45, 2.75) is 22.6 Å². The lowest BCUT2D eigenvalue weighted by atomic mass is 9.58. The average Bonchev–Trinajstić information content (AvgIpc) is 3.06. The largest absolute Gasteiger partial charge is 0.325 e. The quantitative estimate of drug-likeness (QED) is 0.422. The molecule has 1 aliphatic heterocycles. The smallest absolute Gasteiger partial charge is 0.240 e. The zero-order valence-corrected chi connectivity index (χ0v) is 19.5. The van der Waals surface area contributed by atoms with Gasteiger partial charge in [0.25, 0.3) is 0 Å². The molecule has 3 aromatic rings. The number of hydrogen-bond donors (Lipinski definition) is 1. The maximum Gasteiger partial charge on any atom is 0.240 e. The minimum absolute atomic E-state index is 0.0135. The Hall–Kier alpha value is -2.53. The van der Waals surface area contributed by atoms with E-state index in [4.69, 9.17) is 23.2 Å². The van der Waals surface area contributed by atoms with Crippen molar-refractivity contribution in [3.05, 3.63) is 99.5 Å². The van der Waals surface area contributed by atoms with Crippen molar-refractivity contribution in [1.29, 1.82) is 0 Å². The van der Waals surface area contributed by atoms with Crippen molar-refractivity contribution in [1.82, 2.24) is 0 Å². The van der Waals surface area contributed by atoms with Gasteiger partial charge in [0.1, 0.15) is 5.41 Å². The molecule has 2 aliphatic rings. The van der Waals surface area contributed by atoms with E-state index < -0.39 is 11.3 Å². The molecular weight excluding hydrogens is 461 g/mol. The molecule has 1 N–H and O–H groups in total. The number of ketones is 1. The van der Waals surface area contributed by atoms with Crippen LogP contribution in [0.1, 0.15) is 29.0 Å². The molecule has 32 heavy (non-hydrogen) atoms. The van der Waals surface area contributed by atoms with E-state index in [-0.39, 0.29) is 18.1 Å². The maximum atomic E-state index is 13.9. The van der Waals surface area contributed by atoms with Gasteiger partial charge in [0, 0.05) is 33.0 Å². The highest BCUT2D eigenvalue weighted by atomic mass is 35.5. The molecule has 0 fully saturated rings. The molecule has 160 valence electrons. The summed E-state index contributed by atoms with van der Waals surface area (Å²) in [6, 6.07) is 20.9. The highest BCUT2D eigenvalue weighted by Crippen LogP contribution is 2.58. The Morgan fingerprint density at radius 2 is 1.75 bits per heavy atom. The number of anilines is 1. The molecule has 0 unspecified atom stereocenters. The SMILES string of the molecule is CSc1cccc(C2=CC(=O)C[C@@H](c3cccc(Cl)c3)[C@]23C(=O)Nc2cc(Cl)ccc23)c1. The molecule has 1 aliphatic carbocycles. The zero-order valence-electron chi connectivity index (χ0n) is 17.2. The number of nitrogens with one attached hydrogen (secondary N) is 1. The monoisotopic (exact) mass is 479 g/mol. The van der Waals surface area contributed by atoms with E-state index in [1.165, 1.54) is 0 Å². The predicted octanol–water partition coefficient (Wildman–Crippen LogP) is 6.75. The fourth-order valence-corrected chi connectivity index (χ4v) is 5.82. The number of carbonyl (C=O) groups is 2. The number of allylic oxidation sites excluding steroid dienone is 1. The summed E-state index contributed by atoms with van der Waals surface area (Å²) in [5, 5.41) is 4.16. The summed E-state index contributed by atoms with van der Waals surface area (Å²) < 4.78 is 0. The van der Waals surface area contributed by atoms with Crippen LogP contribution < -0.4 is 5.32 Å². The van der Waals surface area contributed by atoms with Crippen LogP contribution in [0.3, 0.4) is 0 Å². The number of fused-ring (bicyclic) bond motifs is 2. The van der Waals surface area contributed by atoms with Gasteiger partial charge in [0.15, 0.2) is 5.78 Å². The lowest BCUT2D eigenvalue weighted by Crippen LogP contribution is -2.45. The van der Waals surface area contributed by atoms with Crippen LogP contribution in [0.4, 0.5) is 5.69 Å². The Morgan fingerprint density at radius 1 is 0.969 bits per heavy atom. The average molecular weight is 480 g/mol. The van der Waals surface area contributed by atoms with Crippen molar-refractivity contribution in [3.63, 3.8) is 0 Å². The second-order valence-corrected chi connectivity index (χ2v) is 9.77. The van der Waals surface area contributed by atoms with Crippen LogP contribution in [-0.2, 0) is 15.0 Å². The standard InChI is InChI=1S/C26H19Cl2NO2S/c1-32-20-7-3-5-16(11-20)23-14-19(30)13-22(15-4-2-6-17(27)10-15)26(23)21-9-8-18(28)12-24(21)29-25(26)31/h2-12,14,22H,13H2,1H3,(H,29,31)/t22-,26-/m0/s1. The molecule has 0 aromatic heterocycles. The van der Waals surface area contributed by atoms with Crippen LogP contribution in [0.15, 0.2) is 77.7 Å². The van der Waals surface area contributed by atoms with Gasteiger partial charge in [-0.25, -0.2) is 0 Å². The Kier molecular flexibility index (Phi) is 5.40. The van der Waals surface area contributed by atoms with Crippen molar-refractivity contribution in [3.8, 4) is 0 Å². The zero-order chi connectivity index (χ0) is 22.5. The van der Waals surface area contributed by atoms with Crippen LogP contribution in [-0.4, -0.2) is 17.9 Å². The van der Waals surface area contributed by atoms with E-state index >= 15 is 0 Å². The number of hydrogen-bond acceptors (Lipinski definition) is 3. The number of benzene rings is 3. The second-order valence-electron chi connectivity index (χ2n) is 8.02. The molecule has 1 amide bonds. The van der Waals surface area contributed by atoms with Crippen molar-refractivity contribution >= 4 is 57.9 Å². The highest BCUT2D eigenvalue weighted by molar-refractivity contribution is 7.98. The van der Waals surface area contributed by atoms with Crippen LogP contribution in [0.2, 0.25) is 10.0 Å². The summed E-state index contributed by atoms with van der Waals surface area (Å²) in [5.74, 6) is -0.581. The minimum atomic E-state index is -1.07. The van der Waals surface area contributed by atoms with Gasteiger partial charge in [-0.1, -0.05) is 53.5 Å². The molecule has 3 aromatic carbocycles. The number of halogens is 2. The Labute approximate surface area is 200 Å². The van der Waals surface area contributed by atoms with Crippen molar-refractivity contribution in [2.75, 3.05) is 11.6 Å². The molecule has 1 spiro atoms. The first-order chi connectivity index (χ1) is 15.4. The van der Waals surface area contributed by atoms with Gasteiger partial charge < -0.3 is 5.32 Å². The normalized spacial score (nSPS) is 22.0. The topological polar surface area (TPSA) is 46.2 Å². The number of carbonyl (C=O) groups excluding carboxylic acids is 2. The molecule has 0 radical (unpaired) electrons. The van der Waals surface area contributed by atoms with Gasteiger partial charge in [-0.2, -0.15) is 0 Å². The molecule has 0 saturated carbocycles. The van der Waals surface area contributed by atoms with E-state index in [9.17, 15) is 9.59 Å². The Balaban J connectivity index is 1.84. The molecule has 0 saturated heterocycles. The van der Waals surface area contributed by atoms with Crippen LogP contribution >= 0.6 is 35.0 Å². The van der Waals surface area contributed by atoms with Gasteiger partial charge in [-0.15, -0.1) is 11.8 Å². The molecular formula is C26H19Cl2NO2S. The predicted molar refractivity (Wildman–Crippen MR) is 132 cm³/mol. The maximum absolute atomic E-state index is 13.9. The first kappa shape index (κ1) is 21.3. The number of amides is 1. The second kappa shape index (κ2) is 8.11. The molecule has 6 heteroatoms. The Morgan fingerprint density at radius 3 is 2.53 bits per heavy atom. The van der Waals surface area contributed by atoms with E-state index in [0.29, 0.717) is 21.3 Å². The summed E-state index contributed by atoms with van der Waals surface area (Å²) >= 11 is 14.2.